The molecule has 1 atom stereocenters. The van der Waals surface area contributed by atoms with Crippen LogP contribution in [0.5, 0.6) is 5.75 Å². The van der Waals surface area contributed by atoms with Crippen LogP contribution in [0.1, 0.15) is 51.9 Å². The van der Waals surface area contributed by atoms with Gasteiger partial charge in [-0.1, -0.05) is 6.07 Å². The summed E-state index contributed by atoms with van der Waals surface area (Å²) in [5.41, 5.74) is 0.802. The highest BCUT2D eigenvalue weighted by Crippen LogP contribution is 2.33. The Morgan fingerprint density at radius 3 is 2.64 bits per heavy atom. The molecule has 122 valence electrons. The third-order valence-corrected chi connectivity index (χ3v) is 3.22. The number of hydrogen-bond acceptors (Lipinski definition) is 3. The summed E-state index contributed by atoms with van der Waals surface area (Å²) in [6.07, 6.45) is -1.67. The Hall–Kier alpha value is -1.78. The van der Waals surface area contributed by atoms with Gasteiger partial charge in [-0.25, -0.2) is 9.18 Å². The van der Waals surface area contributed by atoms with Crippen molar-refractivity contribution in [2.24, 2.45) is 0 Å². The van der Waals surface area contributed by atoms with E-state index in [9.17, 15) is 9.18 Å². The average molecular weight is 309 g/mol. The summed E-state index contributed by atoms with van der Waals surface area (Å²) in [6, 6.07) is 5.35. The first kappa shape index (κ1) is 16.6. The van der Waals surface area contributed by atoms with Crippen LogP contribution in [-0.2, 0) is 11.3 Å². The van der Waals surface area contributed by atoms with Gasteiger partial charge in [-0.2, -0.15) is 0 Å². The molecule has 0 aliphatic carbocycles. The molecule has 2 rings (SSSR count). The van der Waals surface area contributed by atoms with E-state index in [4.69, 9.17) is 9.47 Å². The van der Waals surface area contributed by atoms with Gasteiger partial charge in [-0.05, 0) is 57.9 Å². The molecule has 5 heteroatoms. The van der Waals surface area contributed by atoms with Crippen LogP contribution in [0, 0.1) is 0 Å². The van der Waals surface area contributed by atoms with E-state index in [1.165, 1.54) is 4.90 Å². The van der Waals surface area contributed by atoms with Crippen LogP contribution in [0.25, 0.3) is 0 Å². The van der Waals surface area contributed by atoms with Crippen molar-refractivity contribution in [3.8, 4) is 5.75 Å². The van der Waals surface area contributed by atoms with Gasteiger partial charge in [0.1, 0.15) is 17.5 Å². The predicted molar refractivity (Wildman–Crippen MR) is 82.7 cm³/mol. The van der Waals surface area contributed by atoms with Gasteiger partial charge >= 0.3 is 6.09 Å². The minimum atomic E-state index is -1.23. The first-order valence-corrected chi connectivity index (χ1v) is 7.57. The van der Waals surface area contributed by atoms with Crippen molar-refractivity contribution in [3.05, 3.63) is 29.3 Å². The fraction of sp³-hybridized carbons (Fsp3) is 0.588. The highest BCUT2D eigenvalue weighted by atomic mass is 19.1. The molecule has 1 heterocycles. The molecule has 0 aromatic heterocycles. The molecule has 4 nitrogen and oxygen atoms in total. The van der Waals surface area contributed by atoms with Crippen molar-refractivity contribution in [3.63, 3.8) is 0 Å². The second kappa shape index (κ2) is 6.15. The number of amides is 1. The minimum absolute atomic E-state index is 0.00699. The van der Waals surface area contributed by atoms with Crippen LogP contribution >= 0.6 is 0 Å². The zero-order valence-electron chi connectivity index (χ0n) is 13.9. The van der Waals surface area contributed by atoms with Gasteiger partial charge < -0.3 is 14.4 Å². The molecule has 1 unspecified atom stereocenters. The van der Waals surface area contributed by atoms with Crippen molar-refractivity contribution in [2.75, 3.05) is 6.54 Å². The molecular formula is C17H24FNO3. The zero-order valence-corrected chi connectivity index (χ0v) is 13.9. The Kier molecular flexibility index (Phi) is 4.63. The normalized spacial score (nSPS) is 18.1. The second-order valence-corrected chi connectivity index (χ2v) is 6.86. The van der Waals surface area contributed by atoms with Crippen LogP contribution in [0.4, 0.5) is 9.18 Å². The maximum Gasteiger partial charge on any atom is 0.410 e. The van der Waals surface area contributed by atoms with Crippen LogP contribution in [-0.4, -0.2) is 29.2 Å². The number of halogens is 1. The molecule has 1 aliphatic rings. The molecule has 1 aromatic rings. The molecule has 0 bridgehead atoms. The summed E-state index contributed by atoms with van der Waals surface area (Å²) in [5.74, 6) is 0.655. The van der Waals surface area contributed by atoms with E-state index in [0.29, 0.717) is 17.9 Å². The molecule has 1 aliphatic heterocycles. The lowest BCUT2D eigenvalue weighted by Crippen LogP contribution is -2.40. The lowest BCUT2D eigenvalue weighted by molar-refractivity contribution is 0.0159. The van der Waals surface area contributed by atoms with Crippen molar-refractivity contribution in [1.82, 2.24) is 4.90 Å². The summed E-state index contributed by atoms with van der Waals surface area (Å²) < 4.78 is 25.3. The Bertz CT molecular complexity index is 551. The largest absolute Gasteiger partial charge is 0.491 e. The number of ether oxygens (including phenoxy) is 2. The van der Waals surface area contributed by atoms with E-state index in [1.54, 1.807) is 26.8 Å². The molecule has 0 saturated heterocycles. The smallest absolute Gasteiger partial charge is 0.410 e. The maximum absolute atomic E-state index is 14.4. The van der Waals surface area contributed by atoms with E-state index in [1.807, 2.05) is 26.0 Å². The van der Waals surface area contributed by atoms with E-state index in [0.717, 1.165) is 5.56 Å². The van der Waals surface area contributed by atoms with Crippen LogP contribution in [0.3, 0.4) is 0 Å². The standard InChI is InChI=1S/C17H24FNO3/c1-11(2)21-13-7-6-12-9-19(10-15(18)14(12)8-13)16(20)22-17(3,4)5/h6-8,11,15H,9-10H2,1-5H3. The number of hydrogen-bond donors (Lipinski definition) is 0. The number of fused-ring (bicyclic) bond motifs is 1. The first-order valence-electron chi connectivity index (χ1n) is 7.57. The Morgan fingerprint density at radius 1 is 1.36 bits per heavy atom. The van der Waals surface area contributed by atoms with Crippen LogP contribution in [0.15, 0.2) is 18.2 Å². The SMILES string of the molecule is CC(C)Oc1ccc2c(c1)C(F)CN(C(=O)OC(C)(C)C)C2. The van der Waals surface area contributed by atoms with Crippen molar-refractivity contribution in [2.45, 2.75) is 59.0 Å². The van der Waals surface area contributed by atoms with Crippen LogP contribution in [0.2, 0.25) is 0 Å². The van der Waals surface area contributed by atoms with Gasteiger partial charge in [-0.3, -0.25) is 0 Å². The molecule has 0 N–H and O–H groups in total. The summed E-state index contributed by atoms with van der Waals surface area (Å²) in [7, 11) is 0. The molecular weight excluding hydrogens is 285 g/mol. The monoisotopic (exact) mass is 309 g/mol. The third-order valence-electron chi connectivity index (χ3n) is 3.22. The summed E-state index contributed by atoms with van der Waals surface area (Å²) in [6.45, 7) is 9.61. The number of carbonyl (C=O) groups is 1. The number of alkyl halides is 1. The van der Waals surface area contributed by atoms with Crippen molar-refractivity contribution < 1.29 is 18.7 Å². The maximum atomic E-state index is 14.4. The Balaban J connectivity index is 2.15. The van der Waals surface area contributed by atoms with Gasteiger partial charge in [0, 0.05) is 6.54 Å². The topological polar surface area (TPSA) is 38.8 Å². The fourth-order valence-electron chi connectivity index (χ4n) is 2.38. The second-order valence-electron chi connectivity index (χ2n) is 6.86. The van der Waals surface area contributed by atoms with Crippen LogP contribution < -0.4 is 4.74 Å². The quantitative estimate of drug-likeness (QED) is 0.820. The van der Waals surface area contributed by atoms with E-state index >= 15 is 0 Å². The highest BCUT2D eigenvalue weighted by molar-refractivity contribution is 5.69. The number of carbonyl (C=O) groups excluding carboxylic acids is 1. The molecule has 0 radical (unpaired) electrons. The average Bonchev–Trinajstić information content (AvgIpc) is 2.36. The molecule has 1 aromatic carbocycles. The lowest BCUT2D eigenvalue weighted by Gasteiger charge is -2.33. The summed E-state index contributed by atoms with van der Waals surface area (Å²) >= 11 is 0. The van der Waals surface area contributed by atoms with E-state index in [2.05, 4.69) is 0 Å². The Labute approximate surface area is 131 Å². The molecule has 22 heavy (non-hydrogen) atoms. The van der Waals surface area contributed by atoms with Gasteiger partial charge in [0.2, 0.25) is 0 Å². The van der Waals surface area contributed by atoms with Crippen molar-refractivity contribution >= 4 is 6.09 Å². The first-order chi connectivity index (χ1) is 10.2. The number of nitrogens with zero attached hydrogens (tertiary/aromatic N) is 1. The number of benzene rings is 1. The fourth-order valence-corrected chi connectivity index (χ4v) is 2.38. The number of rotatable bonds is 2. The Morgan fingerprint density at radius 2 is 2.05 bits per heavy atom. The summed E-state index contributed by atoms with van der Waals surface area (Å²) in [5, 5.41) is 0. The van der Waals surface area contributed by atoms with E-state index in [-0.39, 0.29) is 12.6 Å². The van der Waals surface area contributed by atoms with Gasteiger partial charge in [0.05, 0.1) is 12.6 Å². The van der Waals surface area contributed by atoms with Gasteiger partial charge in [0.25, 0.3) is 0 Å². The predicted octanol–water partition coefficient (Wildman–Crippen LogP) is 4.24. The summed E-state index contributed by atoms with van der Waals surface area (Å²) in [4.78, 5) is 13.5. The molecule has 1 amide bonds. The third kappa shape index (κ3) is 4.12. The molecule has 0 saturated carbocycles. The molecule has 0 fully saturated rings. The van der Waals surface area contributed by atoms with Crippen molar-refractivity contribution in [1.29, 1.82) is 0 Å². The van der Waals surface area contributed by atoms with Gasteiger partial charge in [-0.15, -0.1) is 0 Å². The van der Waals surface area contributed by atoms with E-state index < -0.39 is 17.9 Å². The highest BCUT2D eigenvalue weighted by Gasteiger charge is 2.31. The lowest BCUT2D eigenvalue weighted by atomic mass is 9.98. The van der Waals surface area contributed by atoms with Gasteiger partial charge in [0.15, 0.2) is 0 Å². The zero-order chi connectivity index (χ0) is 16.5. The molecule has 0 spiro atoms. The minimum Gasteiger partial charge on any atom is -0.491 e.